The van der Waals surface area contributed by atoms with Crippen molar-refractivity contribution < 1.29 is 22.7 Å². The number of amides is 1. The van der Waals surface area contributed by atoms with Crippen molar-refractivity contribution in [3.05, 3.63) is 125 Å². The molecule has 4 aromatic rings. The number of alkyl halides is 3. The van der Waals surface area contributed by atoms with Crippen LogP contribution in [-0.2, 0) is 24.1 Å². The molecule has 4 nitrogen and oxygen atoms in total. The van der Waals surface area contributed by atoms with Crippen LogP contribution in [-0.4, -0.2) is 5.91 Å². The molecule has 1 amide bonds. The molecule has 1 aliphatic rings. The average Bonchev–Trinajstić information content (AvgIpc) is 3.73. The Labute approximate surface area is 219 Å². The summed E-state index contributed by atoms with van der Waals surface area (Å²) in [4.78, 5) is 12.5. The maximum atomic E-state index is 12.7. The van der Waals surface area contributed by atoms with Crippen LogP contribution in [0.1, 0.15) is 34.6 Å². The van der Waals surface area contributed by atoms with Crippen molar-refractivity contribution in [3.63, 3.8) is 0 Å². The molecule has 0 spiro atoms. The minimum Gasteiger partial charge on any atom is -0.457 e. The van der Waals surface area contributed by atoms with Crippen LogP contribution in [0, 0.1) is 5.92 Å². The van der Waals surface area contributed by atoms with Gasteiger partial charge in [0.1, 0.15) is 11.5 Å². The molecule has 1 aliphatic carbocycles. The van der Waals surface area contributed by atoms with Crippen molar-refractivity contribution in [2.24, 2.45) is 5.92 Å². The summed E-state index contributed by atoms with van der Waals surface area (Å²) in [6, 6.07) is 30.5. The van der Waals surface area contributed by atoms with Gasteiger partial charge in [-0.05, 0) is 77.6 Å². The van der Waals surface area contributed by atoms with Crippen molar-refractivity contribution in [1.29, 1.82) is 0 Å². The molecule has 0 bridgehead atoms. The van der Waals surface area contributed by atoms with Gasteiger partial charge in [0.15, 0.2) is 0 Å². The number of carbonyl (C=O) groups is 1. The summed E-state index contributed by atoms with van der Waals surface area (Å²) in [5.74, 6) is 1.54. The fraction of sp³-hybridized carbons (Fsp3) is 0.194. The van der Waals surface area contributed by atoms with E-state index in [9.17, 15) is 18.0 Å². The van der Waals surface area contributed by atoms with E-state index in [4.69, 9.17) is 4.74 Å². The van der Waals surface area contributed by atoms with E-state index in [0.29, 0.717) is 12.1 Å². The Morgan fingerprint density at radius 2 is 1.50 bits per heavy atom. The van der Waals surface area contributed by atoms with E-state index in [2.05, 4.69) is 10.6 Å². The van der Waals surface area contributed by atoms with Crippen LogP contribution in [0.3, 0.4) is 0 Å². The molecule has 1 fully saturated rings. The van der Waals surface area contributed by atoms with Gasteiger partial charge in [0.2, 0.25) is 5.91 Å². The maximum absolute atomic E-state index is 12.7. The summed E-state index contributed by atoms with van der Waals surface area (Å²) >= 11 is 0. The lowest BCUT2D eigenvalue weighted by Crippen LogP contribution is -2.24. The monoisotopic (exact) mass is 516 g/mol. The zero-order valence-electron chi connectivity index (χ0n) is 20.5. The normalized spacial score (nSPS) is 16.5. The lowest BCUT2D eigenvalue weighted by atomic mass is 10.1. The molecular weight excluding hydrogens is 489 g/mol. The summed E-state index contributed by atoms with van der Waals surface area (Å²) in [6.07, 6.45) is -3.60. The maximum Gasteiger partial charge on any atom is 0.416 e. The minimum absolute atomic E-state index is 0.0743. The molecule has 2 N–H and O–H groups in total. The predicted molar refractivity (Wildman–Crippen MR) is 141 cm³/mol. The smallest absolute Gasteiger partial charge is 0.416 e. The van der Waals surface area contributed by atoms with Gasteiger partial charge in [-0.25, -0.2) is 0 Å². The number of hydrogen-bond donors (Lipinski definition) is 2. The number of anilines is 1. The first-order chi connectivity index (χ1) is 18.3. The Bertz CT molecular complexity index is 1370. The van der Waals surface area contributed by atoms with Crippen molar-refractivity contribution in [2.45, 2.75) is 31.6 Å². The first kappa shape index (κ1) is 25.4. The number of ether oxygens (including phenoxy) is 1. The second kappa shape index (κ2) is 11.0. The Hall–Kier alpha value is -4.26. The number of carbonyl (C=O) groups excluding carboxylic acids is 1. The fourth-order valence-corrected chi connectivity index (χ4v) is 4.38. The largest absolute Gasteiger partial charge is 0.457 e. The van der Waals surface area contributed by atoms with Crippen LogP contribution in [0.2, 0.25) is 0 Å². The molecule has 0 heterocycles. The standard InChI is InChI=1S/C31H27F3N2O2/c32-31(33,34)24-13-9-21(10-14-24)19-36-30(37)29-18-28(29)23-11-15-25(16-12-23)35-20-22-5-4-8-27(17-22)38-26-6-2-1-3-7-26/h1-17,28-29,35H,18-20H2,(H,36,37)/t28-,29+/m0/s1. The third-order valence-corrected chi connectivity index (χ3v) is 6.59. The molecule has 0 unspecified atom stereocenters. The van der Waals surface area contributed by atoms with Crippen molar-refractivity contribution >= 4 is 11.6 Å². The second-order valence-electron chi connectivity index (χ2n) is 9.40. The Morgan fingerprint density at radius 3 is 2.21 bits per heavy atom. The summed E-state index contributed by atoms with van der Waals surface area (Å²) in [6.45, 7) is 0.852. The Morgan fingerprint density at radius 1 is 0.789 bits per heavy atom. The molecule has 0 saturated heterocycles. The molecule has 0 radical (unpaired) electrons. The third kappa shape index (κ3) is 6.54. The zero-order chi connectivity index (χ0) is 26.5. The number of para-hydroxylation sites is 1. The number of halogens is 3. The second-order valence-corrected chi connectivity index (χ2v) is 9.40. The van der Waals surface area contributed by atoms with E-state index in [0.717, 1.165) is 46.9 Å². The summed E-state index contributed by atoms with van der Waals surface area (Å²) in [5, 5.41) is 6.26. The van der Waals surface area contributed by atoms with Gasteiger partial charge in [0.05, 0.1) is 5.56 Å². The number of hydrogen-bond acceptors (Lipinski definition) is 3. The molecule has 38 heavy (non-hydrogen) atoms. The number of benzene rings is 4. The first-order valence-corrected chi connectivity index (χ1v) is 12.4. The van der Waals surface area contributed by atoms with E-state index in [1.807, 2.05) is 78.9 Å². The molecule has 194 valence electrons. The average molecular weight is 517 g/mol. The van der Waals surface area contributed by atoms with Gasteiger partial charge < -0.3 is 15.4 Å². The Balaban J connectivity index is 1.09. The molecule has 7 heteroatoms. The van der Waals surface area contributed by atoms with Gasteiger partial charge in [0.25, 0.3) is 0 Å². The highest BCUT2D eigenvalue weighted by Gasteiger charge is 2.43. The fourth-order valence-electron chi connectivity index (χ4n) is 4.38. The van der Waals surface area contributed by atoms with Gasteiger partial charge in [0, 0.05) is 24.7 Å². The number of rotatable bonds is 9. The molecule has 1 saturated carbocycles. The van der Waals surface area contributed by atoms with Gasteiger partial charge in [-0.3, -0.25) is 4.79 Å². The van der Waals surface area contributed by atoms with Crippen molar-refractivity contribution in [1.82, 2.24) is 5.32 Å². The van der Waals surface area contributed by atoms with Gasteiger partial charge >= 0.3 is 6.18 Å². The van der Waals surface area contributed by atoms with E-state index >= 15 is 0 Å². The van der Waals surface area contributed by atoms with Crippen molar-refractivity contribution in [2.75, 3.05) is 5.32 Å². The van der Waals surface area contributed by atoms with Crippen LogP contribution in [0.25, 0.3) is 0 Å². The third-order valence-electron chi connectivity index (χ3n) is 6.59. The van der Waals surface area contributed by atoms with Crippen LogP contribution >= 0.6 is 0 Å². The molecule has 2 atom stereocenters. The number of nitrogens with one attached hydrogen (secondary N) is 2. The van der Waals surface area contributed by atoms with E-state index in [1.54, 1.807) is 0 Å². The van der Waals surface area contributed by atoms with Crippen molar-refractivity contribution in [3.8, 4) is 11.5 Å². The molecule has 0 aromatic heterocycles. The van der Waals surface area contributed by atoms with Crippen LogP contribution < -0.4 is 15.4 Å². The quantitative estimate of drug-likeness (QED) is 0.242. The minimum atomic E-state index is -4.36. The highest BCUT2D eigenvalue weighted by atomic mass is 19.4. The summed E-state index contributed by atoms with van der Waals surface area (Å²) in [5.41, 5.74) is 3.11. The summed E-state index contributed by atoms with van der Waals surface area (Å²) < 4.78 is 44.0. The van der Waals surface area contributed by atoms with Gasteiger partial charge in [-0.1, -0.05) is 54.6 Å². The topological polar surface area (TPSA) is 50.4 Å². The van der Waals surface area contributed by atoms with E-state index < -0.39 is 11.7 Å². The SMILES string of the molecule is O=C(NCc1ccc(C(F)(F)F)cc1)[C@@H]1C[C@H]1c1ccc(NCc2cccc(Oc3ccccc3)c2)cc1. The van der Waals surface area contributed by atoms with E-state index in [-0.39, 0.29) is 24.3 Å². The van der Waals surface area contributed by atoms with Gasteiger partial charge in [-0.15, -0.1) is 0 Å². The lowest BCUT2D eigenvalue weighted by Gasteiger charge is -2.10. The lowest BCUT2D eigenvalue weighted by molar-refractivity contribution is -0.137. The summed E-state index contributed by atoms with van der Waals surface area (Å²) in [7, 11) is 0. The van der Waals surface area contributed by atoms with Crippen LogP contribution in [0.5, 0.6) is 11.5 Å². The molecular formula is C31H27F3N2O2. The molecule has 0 aliphatic heterocycles. The molecule has 5 rings (SSSR count). The van der Waals surface area contributed by atoms with Crippen LogP contribution in [0.15, 0.2) is 103 Å². The van der Waals surface area contributed by atoms with E-state index in [1.165, 1.54) is 12.1 Å². The molecule has 4 aromatic carbocycles. The highest BCUT2D eigenvalue weighted by molar-refractivity contribution is 5.82. The Kier molecular flexibility index (Phi) is 7.36. The highest BCUT2D eigenvalue weighted by Crippen LogP contribution is 2.47. The first-order valence-electron chi connectivity index (χ1n) is 12.4. The predicted octanol–water partition coefficient (Wildman–Crippen LogP) is 7.53. The van der Waals surface area contributed by atoms with Gasteiger partial charge in [-0.2, -0.15) is 13.2 Å². The zero-order valence-corrected chi connectivity index (χ0v) is 20.5. The van der Waals surface area contributed by atoms with Crippen LogP contribution in [0.4, 0.5) is 18.9 Å².